The molecule has 0 aliphatic carbocycles. The SMILES string of the molecule is CC=C[C@@H]1C[C@H](C(=O)OC(C)(C)C)N(C(=O)OC(C)(C)C)[C@H]1C(O)CCCCC. The van der Waals surface area contributed by atoms with E-state index in [4.69, 9.17) is 9.47 Å². The van der Waals surface area contributed by atoms with Crippen molar-refractivity contribution >= 4 is 12.1 Å². The van der Waals surface area contributed by atoms with Gasteiger partial charge in [-0.25, -0.2) is 9.59 Å². The molecule has 0 aromatic carbocycles. The minimum absolute atomic E-state index is 0.137. The van der Waals surface area contributed by atoms with Crippen LogP contribution in [0.15, 0.2) is 12.2 Å². The maximum absolute atomic E-state index is 13.1. The Hall–Kier alpha value is -1.56. The number of nitrogens with zero attached hydrogens (tertiary/aromatic N) is 1. The second-order valence-electron chi connectivity index (χ2n) is 9.92. The number of allylic oxidation sites excluding steroid dienone is 1. The van der Waals surface area contributed by atoms with E-state index in [1.165, 1.54) is 4.90 Å². The molecule has 6 heteroatoms. The number of esters is 1. The van der Waals surface area contributed by atoms with Gasteiger partial charge in [-0.1, -0.05) is 38.3 Å². The van der Waals surface area contributed by atoms with E-state index in [1.54, 1.807) is 41.5 Å². The minimum Gasteiger partial charge on any atom is -0.458 e. The average molecular weight is 412 g/mol. The highest BCUT2D eigenvalue weighted by Gasteiger charge is 2.51. The number of carbonyl (C=O) groups is 2. The van der Waals surface area contributed by atoms with Crippen molar-refractivity contribution < 1.29 is 24.2 Å². The number of hydrogen-bond acceptors (Lipinski definition) is 5. The lowest BCUT2D eigenvalue weighted by atomic mass is 9.92. The second kappa shape index (κ2) is 10.5. The quantitative estimate of drug-likeness (QED) is 0.368. The van der Waals surface area contributed by atoms with Crippen LogP contribution in [0.4, 0.5) is 4.79 Å². The van der Waals surface area contributed by atoms with Crippen LogP contribution in [0, 0.1) is 5.92 Å². The molecule has 1 aliphatic rings. The summed E-state index contributed by atoms with van der Waals surface area (Å²) in [6.45, 7) is 14.8. The first-order valence-electron chi connectivity index (χ1n) is 10.9. The number of aliphatic hydroxyl groups excluding tert-OH is 1. The Morgan fingerprint density at radius 2 is 1.69 bits per heavy atom. The van der Waals surface area contributed by atoms with E-state index in [1.807, 2.05) is 19.1 Å². The Kier molecular flexibility index (Phi) is 9.19. The summed E-state index contributed by atoms with van der Waals surface area (Å²) in [5.41, 5.74) is -1.36. The third-order valence-electron chi connectivity index (χ3n) is 4.81. The Morgan fingerprint density at radius 1 is 1.10 bits per heavy atom. The first-order valence-corrected chi connectivity index (χ1v) is 10.9. The average Bonchev–Trinajstić information content (AvgIpc) is 2.92. The number of carbonyl (C=O) groups excluding carboxylic acids is 2. The Bertz CT molecular complexity index is 573. The Morgan fingerprint density at radius 3 is 2.17 bits per heavy atom. The molecule has 6 nitrogen and oxygen atoms in total. The standard InChI is InChI=1S/C23H41NO5/c1-9-11-12-14-18(25)19-16(13-10-2)15-17(20(26)28-22(3,4)5)24(19)21(27)29-23(6,7)8/h10,13,16-19,25H,9,11-12,14-15H2,1-8H3/t16-,17-,18?,19-/m1/s1. The van der Waals surface area contributed by atoms with Crippen molar-refractivity contribution in [3.63, 3.8) is 0 Å². The van der Waals surface area contributed by atoms with E-state index in [9.17, 15) is 14.7 Å². The van der Waals surface area contributed by atoms with Crippen molar-refractivity contribution in [2.75, 3.05) is 0 Å². The van der Waals surface area contributed by atoms with E-state index in [0.717, 1.165) is 19.3 Å². The molecule has 1 saturated heterocycles. The molecular formula is C23H41NO5. The molecule has 1 heterocycles. The first-order chi connectivity index (χ1) is 13.3. The van der Waals surface area contributed by atoms with Crippen molar-refractivity contribution in [2.45, 2.75) is 117 Å². The predicted octanol–water partition coefficient (Wildman–Crippen LogP) is 4.84. The largest absolute Gasteiger partial charge is 0.458 e. The van der Waals surface area contributed by atoms with E-state index >= 15 is 0 Å². The third-order valence-corrected chi connectivity index (χ3v) is 4.81. The molecule has 4 atom stereocenters. The van der Waals surface area contributed by atoms with Crippen LogP contribution < -0.4 is 0 Å². The lowest BCUT2D eigenvalue weighted by Crippen LogP contribution is -2.52. The highest BCUT2D eigenvalue weighted by atomic mass is 16.6. The molecule has 168 valence electrons. The van der Waals surface area contributed by atoms with Crippen molar-refractivity contribution in [3.8, 4) is 0 Å². The highest BCUT2D eigenvalue weighted by Crippen LogP contribution is 2.37. The molecule has 29 heavy (non-hydrogen) atoms. The number of hydrogen-bond donors (Lipinski definition) is 1. The summed E-state index contributed by atoms with van der Waals surface area (Å²) in [6, 6.07) is -1.30. The predicted molar refractivity (Wildman–Crippen MR) is 115 cm³/mol. The number of amides is 1. The summed E-state index contributed by atoms with van der Waals surface area (Å²) in [5, 5.41) is 11.0. The summed E-state index contributed by atoms with van der Waals surface area (Å²) in [7, 11) is 0. The molecule has 0 radical (unpaired) electrons. The molecule has 1 aliphatic heterocycles. The van der Waals surface area contributed by atoms with Crippen LogP contribution in [0.1, 0.15) is 87.5 Å². The summed E-state index contributed by atoms with van der Waals surface area (Å²) in [4.78, 5) is 27.5. The maximum Gasteiger partial charge on any atom is 0.411 e. The van der Waals surface area contributed by atoms with E-state index < -0.39 is 41.5 Å². The monoisotopic (exact) mass is 411 g/mol. The van der Waals surface area contributed by atoms with Gasteiger partial charge in [-0.2, -0.15) is 0 Å². The lowest BCUT2D eigenvalue weighted by Gasteiger charge is -2.35. The van der Waals surface area contributed by atoms with Gasteiger partial charge in [0.05, 0.1) is 12.1 Å². The van der Waals surface area contributed by atoms with Gasteiger partial charge in [0.1, 0.15) is 17.2 Å². The zero-order valence-electron chi connectivity index (χ0n) is 19.5. The van der Waals surface area contributed by atoms with Crippen LogP contribution in [0.3, 0.4) is 0 Å². The Labute approximate surface area is 176 Å². The third kappa shape index (κ3) is 8.00. The fourth-order valence-corrected chi connectivity index (χ4v) is 3.75. The molecule has 0 bridgehead atoms. The molecule has 1 fully saturated rings. The van der Waals surface area contributed by atoms with Gasteiger partial charge in [0.15, 0.2) is 0 Å². The zero-order chi connectivity index (χ0) is 22.4. The molecule has 1 unspecified atom stereocenters. The van der Waals surface area contributed by atoms with Crippen molar-refractivity contribution in [2.24, 2.45) is 5.92 Å². The van der Waals surface area contributed by atoms with Gasteiger partial charge < -0.3 is 14.6 Å². The number of aliphatic hydroxyl groups is 1. The maximum atomic E-state index is 13.1. The van der Waals surface area contributed by atoms with Gasteiger partial charge in [0, 0.05) is 5.92 Å². The molecule has 1 rings (SSSR count). The second-order valence-corrected chi connectivity index (χ2v) is 9.92. The smallest absolute Gasteiger partial charge is 0.411 e. The Balaban J connectivity index is 3.25. The van der Waals surface area contributed by atoms with Gasteiger partial charge in [0.25, 0.3) is 0 Å². The molecule has 1 amide bonds. The number of likely N-dealkylation sites (tertiary alicyclic amines) is 1. The summed E-state index contributed by atoms with van der Waals surface area (Å²) in [5.74, 6) is -0.595. The molecule has 1 N–H and O–H groups in total. The highest BCUT2D eigenvalue weighted by molar-refractivity contribution is 5.83. The number of ether oxygens (including phenoxy) is 2. The van der Waals surface area contributed by atoms with Crippen LogP contribution >= 0.6 is 0 Å². The summed E-state index contributed by atoms with van der Waals surface area (Å²) in [6.07, 6.45) is 6.47. The molecule has 0 aromatic heterocycles. The molecular weight excluding hydrogens is 370 g/mol. The van der Waals surface area contributed by atoms with Crippen LogP contribution in [0.2, 0.25) is 0 Å². The van der Waals surface area contributed by atoms with Crippen LogP contribution in [-0.2, 0) is 14.3 Å². The first kappa shape index (κ1) is 25.5. The summed E-state index contributed by atoms with van der Waals surface area (Å²) >= 11 is 0. The zero-order valence-corrected chi connectivity index (χ0v) is 19.5. The van der Waals surface area contributed by atoms with E-state index in [0.29, 0.717) is 12.8 Å². The van der Waals surface area contributed by atoms with Crippen LogP contribution in [0.5, 0.6) is 0 Å². The molecule has 0 aromatic rings. The van der Waals surface area contributed by atoms with Crippen molar-refractivity contribution in [3.05, 3.63) is 12.2 Å². The fourth-order valence-electron chi connectivity index (χ4n) is 3.75. The van der Waals surface area contributed by atoms with Gasteiger partial charge >= 0.3 is 12.1 Å². The molecule has 0 spiro atoms. The topological polar surface area (TPSA) is 76.1 Å². The van der Waals surface area contributed by atoms with E-state index in [-0.39, 0.29) is 5.92 Å². The van der Waals surface area contributed by atoms with Gasteiger partial charge in [-0.15, -0.1) is 0 Å². The van der Waals surface area contributed by atoms with Crippen LogP contribution in [0.25, 0.3) is 0 Å². The van der Waals surface area contributed by atoms with Crippen molar-refractivity contribution in [1.29, 1.82) is 0 Å². The van der Waals surface area contributed by atoms with Gasteiger partial charge in [-0.05, 0) is 61.3 Å². The van der Waals surface area contributed by atoms with E-state index in [2.05, 4.69) is 6.92 Å². The number of rotatable bonds is 7. The fraction of sp³-hybridized carbons (Fsp3) is 0.826. The molecule has 0 saturated carbocycles. The number of unbranched alkanes of at least 4 members (excludes halogenated alkanes) is 2. The lowest BCUT2D eigenvalue weighted by molar-refractivity contribution is -0.161. The normalized spacial score (nSPS) is 24.0. The van der Waals surface area contributed by atoms with Crippen LogP contribution in [-0.4, -0.2) is 51.5 Å². The van der Waals surface area contributed by atoms with Gasteiger partial charge in [0.2, 0.25) is 0 Å². The van der Waals surface area contributed by atoms with Gasteiger partial charge in [-0.3, -0.25) is 4.90 Å². The minimum atomic E-state index is -0.781. The summed E-state index contributed by atoms with van der Waals surface area (Å²) < 4.78 is 11.2. The van der Waals surface area contributed by atoms with Crippen molar-refractivity contribution in [1.82, 2.24) is 4.90 Å².